The van der Waals surface area contributed by atoms with Crippen LogP contribution in [0.1, 0.15) is 18.2 Å². The Morgan fingerprint density at radius 3 is 2.88 bits per heavy atom. The first-order valence-electron chi connectivity index (χ1n) is 5.63. The summed E-state index contributed by atoms with van der Waals surface area (Å²) in [7, 11) is 0. The summed E-state index contributed by atoms with van der Waals surface area (Å²) in [5, 5.41) is 7.97. The summed E-state index contributed by atoms with van der Waals surface area (Å²) >= 11 is 0. The number of para-hydroxylation sites is 1. The molecule has 2 aromatic rings. The normalized spacial score (nSPS) is 10.5. The van der Waals surface area contributed by atoms with Crippen molar-refractivity contribution < 1.29 is 4.74 Å². The van der Waals surface area contributed by atoms with Crippen LogP contribution in [0.5, 0.6) is 5.75 Å². The molecule has 5 nitrogen and oxygen atoms in total. The lowest BCUT2D eigenvalue weighted by atomic mass is 10.2. The second-order valence-electron chi connectivity index (χ2n) is 3.65. The quantitative estimate of drug-likeness (QED) is 0.840. The van der Waals surface area contributed by atoms with E-state index in [0.717, 1.165) is 17.0 Å². The fraction of sp³-hybridized carbons (Fsp3) is 0.333. The summed E-state index contributed by atoms with van der Waals surface area (Å²) in [5.41, 5.74) is 7.37. The Morgan fingerprint density at radius 1 is 1.35 bits per heavy atom. The maximum atomic E-state index is 5.56. The number of nitrogens with zero attached hydrogens (tertiary/aromatic N) is 3. The first-order valence-corrected chi connectivity index (χ1v) is 5.63. The Morgan fingerprint density at radius 2 is 2.18 bits per heavy atom. The summed E-state index contributed by atoms with van der Waals surface area (Å²) in [6, 6.07) is 7.92. The van der Waals surface area contributed by atoms with Crippen LogP contribution in [0.3, 0.4) is 0 Å². The molecule has 0 bridgehead atoms. The second-order valence-corrected chi connectivity index (χ2v) is 3.65. The molecular formula is C12H16N4O. The van der Waals surface area contributed by atoms with Crippen LogP contribution in [0.25, 0.3) is 0 Å². The van der Waals surface area contributed by atoms with Gasteiger partial charge in [-0.1, -0.05) is 23.4 Å². The Kier molecular flexibility index (Phi) is 3.72. The highest BCUT2D eigenvalue weighted by atomic mass is 16.5. The number of hydrogen-bond donors (Lipinski definition) is 1. The summed E-state index contributed by atoms with van der Waals surface area (Å²) in [5.74, 6) is 0.889. The molecule has 0 aliphatic heterocycles. The molecular weight excluding hydrogens is 216 g/mol. The van der Waals surface area contributed by atoms with Crippen LogP contribution >= 0.6 is 0 Å². The molecule has 0 saturated heterocycles. The highest BCUT2D eigenvalue weighted by Gasteiger charge is 2.05. The van der Waals surface area contributed by atoms with Gasteiger partial charge in [0, 0.05) is 12.1 Å². The maximum absolute atomic E-state index is 5.56. The van der Waals surface area contributed by atoms with E-state index in [-0.39, 0.29) is 0 Å². The van der Waals surface area contributed by atoms with Gasteiger partial charge in [0.25, 0.3) is 0 Å². The van der Waals surface area contributed by atoms with Gasteiger partial charge in [-0.3, -0.25) is 0 Å². The lowest BCUT2D eigenvalue weighted by Crippen LogP contribution is -2.03. The van der Waals surface area contributed by atoms with Gasteiger partial charge in [0.15, 0.2) is 0 Å². The predicted octanol–water partition coefficient (Wildman–Crippen LogP) is 1.18. The monoisotopic (exact) mass is 232 g/mol. The van der Waals surface area contributed by atoms with Gasteiger partial charge < -0.3 is 10.5 Å². The number of aromatic nitrogens is 3. The van der Waals surface area contributed by atoms with Crippen LogP contribution in [-0.2, 0) is 13.1 Å². The number of nitrogens with two attached hydrogens (primary N) is 1. The van der Waals surface area contributed by atoms with Gasteiger partial charge >= 0.3 is 0 Å². The standard InChI is InChI=1S/C12H16N4O/c1-2-17-12-6-4-3-5-10(12)8-16-9-11(7-13)14-15-16/h3-6,9H,2,7-8,13H2,1H3. The molecule has 0 saturated carbocycles. The Hall–Kier alpha value is -1.88. The number of ether oxygens (including phenoxy) is 1. The molecule has 5 heteroatoms. The average molecular weight is 232 g/mol. The van der Waals surface area contributed by atoms with E-state index in [2.05, 4.69) is 10.3 Å². The SMILES string of the molecule is CCOc1ccccc1Cn1cc(CN)nn1. The molecule has 0 unspecified atom stereocenters. The molecule has 0 atom stereocenters. The van der Waals surface area contributed by atoms with E-state index in [9.17, 15) is 0 Å². The van der Waals surface area contributed by atoms with E-state index in [1.807, 2.05) is 37.4 Å². The Bertz CT molecular complexity index is 481. The molecule has 0 fully saturated rings. The lowest BCUT2D eigenvalue weighted by Gasteiger charge is -2.09. The van der Waals surface area contributed by atoms with Gasteiger partial charge in [0.05, 0.1) is 25.0 Å². The largest absolute Gasteiger partial charge is 0.494 e. The van der Waals surface area contributed by atoms with E-state index in [1.54, 1.807) is 4.68 Å². The van der Waals surface area contributed by atoms with E-state index >= 15 is 0 Å². The van der Waals surface area contributed by atoms with Crippen molar-refractivity contribution in [3.05, 3.63) is 41.7 Å². The van der Waals surface area contributed by atoms with Crippen molar-refractivity contribution in [2.45, 2.75) is 20.0 Å². The molecule has 0 aliphatic rings. The summed E-state index contributed by atoms with van der Waals surface area (Å²) in [6.07, 6.45) is 1.85. The molecule has 1 aromatic heterocycles. The summed E-state index contributed by atoms with van der Waals surface area (Å²) in [4.78, 5) is 0. The molecule has 2 N–H and O–H groups in total. The van der Waals surface area contributed by atoms with Gasteiger partial charge in [-0.25, -0.2) is 4.68 Å². The van der Waals surface area contributed by atoms with Crippen molar-refractivity contribution in [3.63, 3.8) is 0 Å². The van der Waals surface area contributed by atoms with Crippen LogP contribution in [0, 0.1) is 0 Å². The van der Waals surface area contributed by atoms with Crippen molar-refractivity contribution in [1.82, 2.24) is 15.0 Å². The maximum Gasteiger partial charge on any atom is 0.124 e. The molecule has 1 heterocycles. The van der Waals surface area contributed by atoms with Crippen molar-refractivity contribution in [1.29, 1.82) is 0 Å². The highest BCUT2D eigenvalue weighted by Crippen LogP contribution is 2.18. The van der Waals surface area contributed by atoms with E-state index in [0.29, 0.717) is 19.7 Å². The third-order valence-corrected chi connectivity index (χ3v) is 2.40. The zero-order valence-corrected chi connectivity index (χ0v) is 9.84. The minimum atomic E-state index is 0.410. The van der Waals surface area contributed by atoms with Crippen molar-refractivity contribution >= 4 is 0 Å². The van der Waals surface area contributed by atoms with E-state index in [4.69, 9.17) is 10.5 Å². The van der Waals surface area contributed by atoms with Gasteiger partial charge in [0.2, 0.25) is 0 Å². The fourth-order valence-electron chi connectivity index (χ4n) is 1.61. The van der Waals surface area contributed by atoms with E-state index in [1.165, 1.54) is 0 Å². The summed E-state index contributed by atoms with van der Waals surface area (Å²) in [6.45, 7) is 3.68. The molecule has 0 radical (unpaired) electrons. The zero-order chi connectivity index (χ0) is 12.1. The molecule has 17 heavy (non-hydrogen) atoms. The number of benzene rings is 1. The van der Waals surface area contributed by atoms with Gasteiger partial charge in [-0.05, 0) is 13.0 Å². The molecule has 2 rings (SSSR count). The molecule has 0 aliphatic carbocycles. The first-order chi connectivity index (χ1) is 8.33. The average Bonchev–Trinajstić information content (AvgIpc) is 2.80. The Balaban J connectivity index is 2.17. The van der Waals surface area contributed by atoms with Crippen LogP contribution in [0.2, 0.25) is 0 Å². The highest BCUT2D eigenvalue weighted by molar-refractivity contribution is 5.33. The first kappa shape index (κ1) is 11.6. The number of rotatable bonds is 5. The third-order valence-electron chi connectivity index (χ3n) is 2.40. The van der Waals surface area contributed by atoms with Crippen LogP contribution in [0.4, 0.5) is 0 Å². The third kappa shape index (κ3) is 2.82. The van der Waals surface area contributed by atoms with Gasteiger partial charge in [-0.2, -0.15) is 0 Å². The molecule has 0 spiro atoms. The van der Waals surface area contributed by atoms with Crippen molar-refractivity contribution in [3.8, 4) is 5.75 Å². The van der Waals surface area contributed by atoms with Crippen LogP contribution in [-0.4, -0.2) is 21.6 Å². The number of hydrogen-bond acceptors (Lipinski definition) is 4. The minimum absolute atomic E-state index is 0.410. The lowest BCUT2D eigenvalue weighted by molar-refractivity contribution is 0.335. The smallest absolute Gasteiger partial charge is 0.124 e. The predicted molar refractivity (Wildman–Crippen MR) is 64.6 cm³/mol. The summed E-state index contributed by atoms with van der Waals surface area (Å²) < 4.78 is 7.32. The van der Waals surface area contributed by atoms with Crippen molar-refractivity contribution in [2.75, 3.05) is 6.61 Å². The van der Waals surface area contributed by atoms with Crippen molar-refractivity contribution in [2.24, 2.45) is 5.73 Å². The topological polar surface area (TPSA) is 66.0 Å². The minimum Gasteiger partial charge on any atom is -0.494 e. The molecule has 90 valence electrons. The fourth-order valence-corrected chi connectivity index (χ4v) is 1.61. The Labute approximate surface area is 100 Å². The van der Waals surface area contributed by atoms with Gasteiger partial charge in [0.1, 0.15) is 5.75 Å². The van der Waals surface area contributed by atoms with Gasteiger partial charge in [-0.15, -0.1) is 5.10 Å². The zero-order valence-electron chi connectivity index (χ0n) is 9.84. The molecule has 1 aromatic carbocycles. The second kappa shape index (κ2) is 5.45. The van der Waals surface area contributed by atoms with E-state index < -0.39 is 0 Å². The van der Waals surface area contributed by atoms with Crippen LogP contribution < -0.4 is 10.5 Å². The molecule has 0 amide bonds. The van der Waals surface area contributed by atoms with Crippen LogP contribution in [0.15, 0.2) is 30.5 Å².